The Kier molecular flexibility index (Phi) is 7.51. The topological polar surface area (TPSA) is 82.0 Å². The van der Waals surface area contributed by atoms with E-state index in [0.717, 1.165) is 55.5 Å². The first-order valence-electron chi connectivity index (χ1n) is 7.45. The SMILES string of the molecule is CCCCCC(C[N+](=O)[O-])c1sc(N)nc1CCCC. The summed E-state index contributed by atoms with van der Waals surface area (Å²) in [6.07, 6.45) is 7.14. The minimum Gasteiger partial charge on any atom is -0.375 e. The molecule has 1 rings (SSSR count). The van der Waals surface area contributed by atoms with E-state index in [9.17, 15) is 10.1 Å². The quantitative estimate of drug-likeness (QED) is 0.402. The molecule has 0 spiro atoms. The fraction of sp³-hybridized carbons (Fsp3) is 0.786. The van der Waals surface area contributed by atoms with Gasteiger partial charge >= 0.3 is 0 Å². The normalized spacial score (nSPS) is 12.5. The van der Waals surface area contributed by atoms with Gasteiger partial charge in [0.05, 0.1) is 11.6 Å². The number of thiazole rings is 1. The maximum atomic E-state index is 10.9. The van der Waals surface area contributed by atoms with Gasteiger partial charge in [-0.25, -0.2) is 4.98 Å². The van der Waals surface area contributed by atoms with Crippen molar-refractivity contribution < 1.29 is 4.92 Å². The molecule has 5 nitrogen and oxygen atoms in total. The van der Waals surface area contributed by atoms with Crippen molar-refractivity contribution in [1.29, 1.82) is 0 Å². The lowest BCUT2D eigenvalue weighted by Crippen LogP contribution is -2.13. The summed E-state index contributed by atoms with van der Waals surface area (Å²) >= 11 is 1.44. The zero-order chi connectivity index (χ0) is 15.0. The number of nitrogen functional groups attached to an aromatic ring is 1. The molecule has 6 heteroatoms. The first-order chi connectivity index (χ1) is 9.58. The highest BCUT2D eigenvalue weighted by Crippen LogP contribution is 2.33. The molecule has 20 heavy (non-hydrogen) atoms. The van der Waals surface area contributed by atoms with Crippen molar-refractivity contribution in [2.45, 2.75) is 64.7 Å². The molecule has 1 aromatic heterocycles. The lowest BCUT2D eigenvalue weighted by Gasteiger charge is -2.12. The number of anilines is 1. The van der Waals surface area contributed by atoms with Crippen molar-refractivity contribution in [2.75, 3.05) is 12.3 Å². The number of hydrogen-bond donors (Lipinski definition) is 1. The van der Waals surface area contributed by atoms with Crippen molar-refractivity contribution in [3.63, 3.8) is 0 Å². The molecular weight excluding hydrogens is 274 g/mol. The monoisotopic (exact) mass is 299 g/mol. The molecule has 114 valence electrons. The van der Waals surface area contributed by atoms with E-state index in [0.29, 0.717) is 5.13 Å². The number of aryl methyl sites for hydroxylation is 1. The highest BCUT2D eigenvalue weighted by atomic mass is 32.1. The number of nitro groups is 1. The Bertz CT molecular complexity index is 421. The van der Waals surface area contributed by atoms with Gasteiger partial charge in [0.15, 0.2) is 5.13 Å². The molecule has 1 heterocycles. The fourth-order valence-corrected chi connectivity index (χ4v) is 3.36. The third-order valence-electron chi connectivity index (χ3n) is 3.41. The molecular formula is C14H25N3O2S. The number of nitrogens with zero attached hydrogens (tertiary/aromatic N) is 2. The molecule has 0 aliphatic heterocycles. The molecule has 0 fully saturated rings. The average Bonchev–Trinajstić information content (AvgIpc) is 2.76. The van der Waals surface area contributed by atoms with E-state index in [1.807, 2.05) is 0 Å². The van der Waals surface area contributed by atoms with Crippen molar-refractivity contribution in [3.05, 3.63) is 20.7 Å². The lowest BCUT2D eigenvalue weighted by atomic mass is 9.97. The maximum Gasteiger partial charge on any atom is 0.211 e. The summed E-state index contributed by atoms with van der Waals surface area (Å²) < 4.78 is 0. The van der Waals surface area contributed by atoms with E-state index in [4.69, 9.17) is 5.73 Å². The molecule has 1 atom stereocenters. The van der Waals surface area contributed by atoms with Gasteiger partial charge in [-0.1, -0.05) is 39.5 Å². The molecule has 2 N–H and O–H groups in total. The van der Waals surface area contributed by atoms with Gasteiger partial charge in [-0.2, -0.15) is 0 Å². The van der Waals surface area contributed by atoms with Crippen LogP contribution < -0.4 is 5.73 Å². The van der Waals surface area contributed by atoms with E-state index in [1.54, 1.807) is 0 Å². The zero-order valence-corrected chi connectivity index (χ0v) is 13.2. The second-order valence-corrected chi connectivity index (χ2v) is 6.24. The van der Waals surface area contributed by atoms with Crippen molar-refractivity contribution in [2.24, 2.45) is 0 Å². The van der Waals surface area contributed by atoms with Crippen LogP contribution in [0.5, 0.6) is 0 Å². The van der Waals surface area contributed by atoms with Crippen LogP contribution >= 0.6 is 11.3 Å². The third-order valence-corrected chi connectivity index (χ3v) is 4.50. The highest BCUT2D eigenvalue weighted by Gasteiger charge is 2.23. The smallest absolute Gasteiger partial charge is 0.211 e. The minimum absolute atomic E-state index is 0.00945. The van der Waals surface area contributed by atoms with Crippen LogP contribution in [0.3, 0.4) is 0 Å². The molecule has 0 saturated carbocycles. The van der Waals surface area contributed by atoms with E-state index < -0.39 is 0 Å². The van der Waals surface area contributed by atoms with Gasteiger partial charge < -0.3 is 5.73 Å². The maximum absolute atomic E-state index is 10.9. The van der Waals surface area contributed by atoms with Gasteiger partial charge in [-0.05, 0) is 19.3 Å². The van der Waals surface area contributed by atoms with Crippen LogP contribution in [0, 0.1) is 10.1 Å². The standard InChI is InChI=1S/C14H25N3O2S/c1-3-5-7-8-11(10-17(18)19)13-12(9-6-4-2)16-14(15)20-13/h11H,3-10H2,1-2H3,(H2,15,16). The molecule has 0 radical (unpaired) electrons. The Morgan fingerprint density at radius 1 is 1.30 bits per heavy atom. The van der Waals surface area contributed by atoms with Crippen molar-refractivity contribution >= 4 is 16.5 Å². The Labute approximate surface area is 124 Å². The van der Waals surface area contributed by atoms with Gasteiger partial charge in [0, 0.05) is 9.80 Å². The van der Waals surface area contributed by atoms with Gasteiger partial charge in [-0.3, -0.25) is 10.1 Å². The second kappa shape index (κ2) is 8.89. The molecule has 0 aliphatic carbocycles. The van der Waals surface area contributed by atoms with E-state index >= 15 is 0 Å². The number of rotatable bonds is 10. The predicted octanol–water partition coefficient (Wildman–Crippen LogP) is 4.01. The van der Waals surface area contributed by atoms with Crippen LogP contribution in [0.15, 0.2) is 0 Å². The summed E-state index contributed by atoms with van der Waals surface area (Å²) in [6.45, 7) is 4.26. The summed E-state index contributed by atoms with van der Waals surface area (Å²) in [5.74, 6) is -0.0294. The van der Waals surface area contributed by atoms with Crippen LogP contribution in [0.2, 0.25) is 0 Å². The van der Waals surface area contributed by atoms with Gasteiger partial charge in [0.2, 0.25) is 6.54 Å². The molecule has 1 aromatic rings. The van der Waals surface area contributed by atoms with Crippen molar-refractivity contribution in [1.82, 2.24) is 4.98 Å². The van der Waals surface area contributed by atoms with Gasteiger partial charge in [0.1, 0.15) is 0 Å². The summed E-state index contributed by atoms with van der Waals surface area (Å²) in [5, 5.41) is 11.4. The molecule has 0 amide bonds. The van der Waals surface area contributed by atoms with E-state index in [-0.39, 0.29) is 17.4 Å². The zero-order valence-electron chi connectivity index (χ0n) is 12.4. The molecule has 0 aliphatic rings. The van der Waals surface area contributed by atoms with Crippen LogP contribution in [-0.4, -0.2) is 16.5 Å². The minimum atomic E-state index is -0.212. The Morgan fingerprint density at radius 2 is 2.00 bits per heavy atom. The Morgan fingerprint density at radius 3 is 2.60 bits per heavy atom. The summed E-state index contributed by atoms with van der Waals surface area (Å²) in [4.78, 5) is 16.1. The number of aromatic nitrogens is 1. The van der Waals surface area contributed by atoms with Crippen LogP contribution in [0.1, 0.15) is 68.9 Å². The average molecular weight is 299 g/mol. The van der Waals surface area contributed by atoms with Crippen molar-refractivity contribution in [3.8, 4) is 0 Å². The fourth-order valence-electron chi connectivity index (χ4n) is 2.35. The van der Waals surface area contributed by atoms with E-state index in [1.165, 1.54) is 11.3 Å². The molecule has 0 saturated heterocycles. The molecule has 1 unspecified atom stereocenters. The molecule has 0 aromatic carbocycles. The summed E-state index contributed by atoms with van der Waals surface area (Å²) in [6, 6.07) is 0. The first-order valence-corrected chi connectivity index (χ1v) is 8.26. The number of hydrogen-bond acceptors (Lipinski definition) is 5. The highest BCUT2D eigenvalue weighted by molar-refractivity contribution is 7.15. The predicted molar refractivity (Wildman–Crippen MR) is 83.9 cm³/mol. The summed E-state index contributed by atoms with van der Waals surface area (Å²) in [5.41, 5.74) is 6.80. The lowest BCUT2D eigenvalue weighted by molar-refractivity contribution is -0.483. The number of nitrogens with two attached hydrogens (primary N) is 1. The largest absolute Gasteiger partial charge is 0.375 e. The van der Waals surface area contributed by atoms with Crippen LogP contribution in [0.4, 0.5) is 5.13 Å². The third kappa shape index (κ3) is 5.45. The van der Waals surface area contributed by atoms with E-state index in [2.05, 4.69) is 18.8 Å². The van der Waals surface area contributed by atoms with Gasteiger partial charge in [-0.15, -0.1) is 11.3 Å². The van der Waals surface area contributed by atoms with Crippen LogP contribution in [0.25, 0.3) is 0 Å². The Balaban J connectivity index is 2.84. The molecule has 0 bridgehead atoms. The van der Waals surface area contributed by atoms with Crippen LogP contribution in [-0.2, 0) is 6.42 Å². The summed E-state index contributed by atoms with van der Waals surface area (Å²) in [7, 11) is 0. The second-order valence-electron chi connectivity index (χ2n) is 5.17. The first kappa shape index (κ1) is 16.9. The number of unbranched alkanes of at least 4 members (excludes halogenated alkanes) is 3. The van der Waals surface area contributed by atoms with Gasteiger partial charge in [0.25, 0.3) is 0 Å². The Hall–Kier alpha value is -1.17.